The fraction of sp³-hybridized carbons (Fsp3) is 0.250. The van der Waals surface area contributed by atoms with Gasteiger partial charge >= 0.3 is 0 Å². The topological polar surface area (TPSA) is 29.3 Å². The average Bonchev–Trinajstić information content (AvgIpc) is 2.91. The highest BCUT2D eigenvalue weighted by atomic mass is 32.1. The van der Waals surface area contributed by atoms with Crippen molar-refractivity contribution in [1.29, 1.82) is 0 Å². The predicted molar refractivity (Wildman–Crippen MR) is 81.8 cm³/mol. The molecule has 104 valence electrons. The zero-order chi connectivity index (χ0) is 14.4. The molecule has 4 heteroatoms. The van der Waals surface area contributed by atoms with Crippen molar-refractivity contribution in [1.82, 2.24) is 4.90 Å². The van der Waals surface area contributed by atoms with Crippen molar-refractivity contribution in [3.8, 4) is 11.8 Å². The maximum atomic E-state index is 13.3. The van der Waals surface area contributed by atoms with Gasteiger partial charge in [0.1, 0.15) is 5.82 Å². The van der Waals surface area contributed by atoms with Gasteiger partial charge in [-0.2, -0.15) is 11.3 Å². The fourth-order valence-electron chi connectivity index (χ4n) is 1.99. The fourth-order valence-corrected chi connectivity index (χ4v) is 2.65. The van der Waals surface area contributed by atoms with E-state index in [9.17, 15) is 4.39 Å². The number of nitrogens with zero attached hydrogens (tertiary/aromatic N) is 1. The number of rotatable bonds is 4. The van der Waals surface area contributed by atoms with Gasteiger partial charge in [0.15, 0.2) is 0 Å². The predicted octanol–water partition coefficient (Wildman–Crippen LogP) is 2.83. The van der Waals surface area contributed by atoms with Gasteiger partial charge in [-0.05, 0) is 47.1 Å². The summed E-state index contributed by atoms with van der Waals surface area (Å²) in [5.41, 5.74) is 8.40. The smallest absolute Gasteiger partial charge is 0.124 e. The largest absolute Gasteiger partial charge is 0.320 e. The first-order chi connectivity index (χ1) is 9.69. The number of benzene rings is 1. The van der Waals surface area contributed by atoms with Crippen LogP contribution in [0.2, 0.25) is 0 Å². The third-order valence-electron chi connectivity index (χ3n) is 2.87. The zero-order valence-corrected chi connectivity index (χ0v) is 12.2. The minimum atomic E-state index is -0.268. The molecular formula is C16H17FN2S. The van der Waals surface area contributed by atoms with E-state index in [-0.39, 0.29) is 12.4 Å². The molecule has 2 N–H and O–H groups in total. The summed E-state index contributed by atoms with van der Waals surface area (Å²) in [4.78, 5) is 2.18. The second-order valence-corrected chi connectivity index (χ2v) is 5.39. The van der Waals surface area contributed by atoms with Crippen LogP contribution in [0.25, 0.3) is 0 Å². The molecule has 2 rings (SSSR count). The van der Waals surface area contributed by atoms with E-state index in [1.807, 2.05) is 7.05 Å². The van der Waals surface area contributed by atoms with Crippen molar-refractivity contribution in [3.63, 3.8) is 0 Å². The monoisotopic (exact) mass is 288 g/mol. The van der Waals surface area contributed by atoms with Gasteiger partial charge in [0.05, 0.1) is 6.54 Å². The number of hydrogen-bond acceptors (Lipinski definition) is 3. The van der Waals surface area contributed by atoms with E-state index < -0.39 is 0 Å². The second-order valence-electron chi connectivity index (χ2n) is 4.61. The first-order valence-corrected chi connectivity index (χ1v) is 7.30. The number of thiophene rings is 1. The van der Waals surface area contributed by atoms with Crippen LogP contribution in [-0.2, 0) is 13.1 Å². The lowest BCUT2D eigenvalue weighted by Crippen LogP contribution is -2.17. The van der Waals surface area contributed by atoms with Gasteiger partial charge in [0, 0.05) is 18.7 Å². The third kappa shape index (κ3) is 4.17. The summed E-state index contributed by atoms with van der Waals surface area (Å²) in [7, 11) is 2.04. The van der Waals surface area contributed by atoms with Gasteiger partial charge in [-0.15, -0.1) is 0 Å². The van der Waals surface area contributed by atoms with Gasteiger partial charge in [-0.1, -0.05) is 17.9 Å². The molecule has 0 aliphatic heterocycles. The third-order valence-corrected chi connectivity index (χ3v) is 3.60. The molecule has 1 aromatic heterocycles. The first kappa shape index (κ1) is 14.7. The summed E-state index contributed by atoms with van der Waals surface area (Å²) < 4.78 is 13.3. The molecule has 0 fully saturated rings. The molecule has 2 aromatic rings. The van der Waals surface area contributed by atoms with Crippen LogP contribution >= 0.6 is 11.3 Å². The van der Waals surface area contributed by atoms with Gasteiger partial charge in [-0.3, -0.25) is 4.90 Å². The number of nitrogens with two attached hydrogens (primary N) is 1. The Morgan fingerprint density at radius 1 is 1.30 bits per heavy atom. The van der Waals surface area contributed by atoms with Crippen molar-refractivity contribution in [2.75, 3.05) is 13.6 Å². The summed E-state index contributed by atoms with van der Waals surface area (Å²) >= 11 is 1.69. The lowest BCUT2D eigenvalue weighted by Gasteiger charge is -2.17. The Morgan fingerprint density at radius 2 is 2.15 bits per heavy atom. The van der Waals surface area contributed by atoms with E-state index >= 15 is 0 Å². The van der Waals surface area contributed by atoms with Crippen molar-refractivity contribution < 1.29 is 4.39 Å². The molecule has 0 radical (unpaired) electrons. The highest BCUT2D eigenvalue weighted by molar-refractivity contribution is 7.07. The molecule has 2 nitrogen and oxygen atoms in total. The molecule has 0 saturated heterocycles. The Bertz CT molecular complexity index is 611. The van der Waals surface area contributed by atoms with Crippen molar-refractivity contribution in [2.24, 2.45) is 5.73 Å². The number of halogens is 1. The van der Waals surface area contributed by atoms with Gasteiger partial charge in [0.25, 0.3) is 0 Å². The Balaban J connectivity index is 2.11. The summed E-state index contributed by atoms with van der Waals surface area (Å²) in [5, 5.41) is 4.20. The van der Waals surface area contributed by atoms with Gasteiger partial charge in [0.2, 0.25) is 0 Å². The first-order valence-electron chi connectivity index (χ1n) is 6.36. The minimum Gasteiger partial charge on any atom is -0.320 e. The van der Waals surface area contributed by atoms with Crippen LogP contribution in [0.5, 0.6) is 0 Å². The van der Waals surface area contributed by atoms with Crippen LogP contribution in [0.1, 0.15) is 16.7 Å². The molecule has 0 saturated carbocycles. The van der Waals surface area contributed by atoms with Gasteiger partial charge < -0.3 is 5.73 Å². The van der Waals surface area contributed by atoms with Gasteiger partial charge in [-0.25, -0.2) is 4.39 Å². The van der Waals surface area contributed by atoms with Crippen molar-refractivity contribution >= 4 is 11.3 Å². The highest BCUT2D eigenvalue weighted by Gasteiger charge is 2.07. The summed E-state index contributed by atoms with van der Waals surface area (Å²) in [6.07, 6.45) is 0. The normalized spacial score (nSPS) is 10.4. The standard InChI is InChI=1S/C16H17FN2S/c1-19(10-13-6-8-20-12-13)11-15-4-5-16(17)9-14(15)3-2-7-18/h4-6,8-9,12H,7,10-11,18H2,1H3. The number of hydrogen-bond donors (Lipinski definition) is 1. The van der Waals surface area contributed by atoms with Crippen molar-refractivity contribution in [2.45, 2.75) is 13.1 Å². The Labute approximate surface area is 123 Å². The Kier molecular flexibility index (Phi) is 5.31. The quantitative estimate of drug-likeness (QED) is 0.877. The molecule has 0 aliphatic rings. The summed E-state index contributed by atoms with van der Waals surface area (Å²) in [6.45, 7) is 1.87. The molecule has 1 heterocycles. The zero-order valence-electron chi connectivity index (χ0n) is 11.4. The van der Waals surface area contributed by atoms with Crippen LogP contribution < -0.4 is 5.73 Å². The van der Waals surface area contributed by atoms with E-state index in [2.05, 4.69) is 33.6 Å². The van der Waals surface area contributed by atoms with Crippen LogP contribution in [-0.4, -0.2) is 18.5 Å². The minimum absolute atomic E-state index is 0.268. The van der Waals surface area contributed by atoms with E-state index in [1.54, 1.807) is 17.4 Å². The molecule has 0 aliphatic carbocycles. The highest BCUT2D eigenvalue weighted by Crippen LogP contribution is 2.15. The lowest BCUT2D eigenvalue weighted by atomic mass is 10.1. The second kappa shape index (κ2) is 7.20. The van der Waals surface area contributed by atoms with E-state index in [1.165, 1.54) is 17.7 Å². The molecule has 1 aromatic carbocycles. The molecule has 0 spiro atoms. The van der Waals surface area contributed by atoms with E-state index in [4.69, 9.17) is 5.73 Å². The van der Waals surface area contributed by atoms with Crippen LogP contribution in [0.4, 0.5) is 4.39 Å². The van der Waals surface area contributed by atoms with E-state index in [0.29, 0.717) is 5.56 Å². The molecular weight excluding hydrogens is 271 g/mol. The van der Waals surface area contributed by atoms with Crippen LogP contribution in [0.3, 0.4) is 0 Å². The molecule has 0 atom stereocenters. The van der Waals surface area contributed by atoms with E-state index in [0.717, 1.165) is 18.7 Å². The van der Waals surface area contributed by atoms with Crippen molar-refractivity contribution in [3.05, 3.63) is 57.5 Å². The summed E-state index contributed by atoms with van der Waals surface area (Å²) in [6, 6.07) is 6.85. The maximum absolute atomic E-state index is 13.3. The summed E-state index contributed by atoms with van der Waals surface area (Å²) in [5.74, 6) is 5.46. The SMILES string of the molecule is CN(Cc1ccsc1)Cc1ccc(F)cc1C#CCN. The Morgan fingerprint density at radius 3 is 2.85 bits per heavy atom. The Hall–Kier alpha value is -1.67. The lowest BCUT2D eigenvalue weighted by molar-refractivity contribution is 0.319. The molecule has 20 heavy (non-hydrogen) atoms. The molecule has 0 bridgehead atoms. The van der Waals surface area contributed by atoms with Crippen LogP contribution in [0.15, 0.2) is 35.0 Å². The molecule has 0 unspecified atom stereocenters. The molecule has 0 amide bonds. The van der Waals surface area contributed by atoms with Crippen LogP contribution in [0, 0.1) is 17.7 Å². The maximum Gasteiger partial charge on any atom is 0.124 e. The average molecular weight is 288 g/mol.